The van der Waals surface area contributed by atoms with Crippen molar-refractivity contribution in [1.82, 2.24) is 5.16 Å². The minimum Gasteiger partial charge on any atom is -0.361 e. The second-order valence-corrected chi connectivity index (χ2v) is 4.09. The van der Waals surface area contributed by atoms with Gasteiger partial charge in [0.15, 0.2) is 0 Å². The summed E-state index contributed by atoms with van der Waals surface area (Å²) in [5.41, 5.74) is 2.23. The van der Waals surface area contributed by atoms with Gasteiger partial charge in [0.05, 0.1) is 5.69 Å². The molecule has 2 rings (SSSR count). The van der Waals surface area contributed by atoms with Crippen molar-refractivity contribution < 1.29 is 4.52 Å². The summed E-state index contributed by atoms with van der Waals surface area (Å²) in [6.07, 6.45) is 0.943. The minimum atomic E-state index is 0.936. The molecule has 0 amide bonds. The van der Waals surface area contributed by atoms with Gasteiger partial charge in [-0.05, 0) is 25.3 Å². The van der Waals surface area contributed by atoms with Crippen molar-refractivity contribution in [1.29, 1.82) is 0 Å². The van der Waals surface area contributed by atoms with Crippen LogP contribution in [0, 0.1) is 13.8 Å². The van der Waals surface area contributed by atoms with Crippen LogP contribution in [-0.4, -0.2) is 5.16 Å². The summed E-state index contributed by atoms with van der Waals surface area (Å²) in [6, 6.07) is 4.20. The summed E-state index contributed by atoms with van der Waals surface area (Å²) in [5.74, 6) is 0.936. The molecule has 2 aromatic rings. The molecule has 0 N–H and O–H groups in total. The number of hydrogen-bond donors (Lipinski definition) is 0. The Hall–Kier alpha value is -1.09. The first kappa shape index (κ1) is 8.51. The van der Waals surface area contributed by atoms with E-state index >= 15 is 0 Å². The lowest BCUT2D eigenvalue weighted by Crippen LogP contribution is -1.87. The average molecular weight is 193 g/mol. The Morgan fingerprint density at radius 3 is 2.85 bits per heavy atom. The van der Waals surface area contributed by atoms with E-state index in [4.69, 9.17) is 4.52 Å². The first-order valence-corrected chi connectivity index (χ1v) is 5.09. The first-order valence-electron chi connectivity index (χ1n) is 4.21. The molecule has 2 aromatic heterocycles. The lowest BCUT2D eigenvalue weighted by atomic mass is 10.1. The highest BCUT2D eigenvalue weighted by molar-refractivity contribution is 7.09. The van der Waals surface area contributed by atoms with Crippen LogP contribution in [-0.2, 0) is 6.42 Å². The molecule has 0 bridgehead atoms. The molecule has 13 heavy (non-hydrogen) atoms. The van der Waals surface area contributed by atoms with Gasteiger partial charge in [-0.15, -0.1) is 11.3 Å². The maximum absolute atomic E-state index is 5.10. The largest absolute Gasteiger partial charge is 0.361 e. The molecule has 3 heteroatoms. The third-order valence-electron chi connectivity index (χ3n) is 2.11. The molecule has 0 atom stereocenters. The van der Waals surface area contributed by atoms with E-state index in [-0.39, 0.29) is 0 Å². The van der Waals surface area contributed by atoms with Gasteiger partial charge in [0, 0.05) is 16.9 Å². The Morgan fingerprint density at radius 2 is 2.31 bits per heavy atom. The van der Waals surface area contributed by atoms with E-state index in [1.54, 1.807) is 11.3 Å². The van der Waals surface area contributed by atoms with Crippen LogP contribution in [0.15, 0.2) is 22.0 Å². The minimum absolute atomic E-state index is 0.936. The van der Waals surface area contributed by atoms with E-state index in [9.17, 15) is 0 Å². The summed E-state index contributed by atoms with van der Waals surface area (Å²) in [4.78, 5) is 1.36. The van der Waals surface area contributed by atoms with Crippen LogP contribution in [0.2, 0.25) is 0 Å². The van der Waals surface area contributed by atoms with Crippen LogP contribution in [0.25, 0.3) is 0 Å². The van der Waals surface area contributed by atoms with Gasteiger partial charge in [0.2, 0.25) is 0 Å². The fourth-order valence-electron chi connectivity index (χ4n) is 1.34. The third kappa shape index (κ3) is 1.65. The summed E-state index contributed by atoms with van der Waals surface area (Å²) in [6.45, 7) is 3.95. The molecule has 0 aromatic carbocycles. The molecule has 2 nitrogen and oxygen atoms in total. The molecule has 0 aliphatic heterocycles. The first-order chi connectivity index (χ1) is 6.27. The van der Waals surface area contributed by atoms with Crippen molar-refractivity contribution in [3.63, 3.8) is 0 Å². The Balaban J connectivity index is 2.27. The maximum Gasteiger partial charge on any atom is 0.137 e. The smallest absolute Gasteiger partial charge is 0.137 e. The molecule has 68 valence electrons. The van der Waals surface area contributed by atoms with E-state index in [0.29, 0.717) is 0 Å². The number of nitrogens with zero attached hydrogens (tertiary/aromatic N) is 1. The summed E-state index contributed by atoms with van der Waals surface area (Å²) in [7, 11) is 0. The highest BCUT2D eigenvalue weighted by Gasteiger charge is 2.09. The summed E-state index contributed by atoms with van der Waals surface area (Å²) in [5, 5.41) is 6.02. The SMILES string of the molecule is Cc1noc(C)c1Cc1cccs1. The Morgan fingerprint density at radius 1 is 1.46 bits per heavy atom. The summed E-state index contributed by atoms with van der Waals surface area (Å²) < 4.78 is 5.10. The van der Waals surface area contributed by atoms with E-state index in [0.717, 1.165) is 17.9 Å². The van der Waals surface area contributed by atoms with Gasteiger partial charge in [-0.25, -0.2) is 0 Å². The predicted octanol–water partition coefficient (Wildman–Crippen LogP) is 2.94. The van der Waals surface area contributed by atoms with Crippen LogP contribution < -0.4 is 0 Å². The van der Waals surface area contributed by atoms with E-state index in [2.05, 4.69) is 22.7 Å². The molecular weight excluding hydrogens is 182 g/mol. The predicted molar refractivity (Wildman–Crippen MR) is 53.1 cm³/mol. The molecule has 0 saturated heterocycles. The van der Waals surface area contributed by atoms with Gasteiger partial charge >= 0.3 is 0 Å². The normalized spacial score (nSPS) is 10.6. The molecule has 0 spiro atoms. The van der Waals surface area contributed by atoms with Crippen molar-refractivity contribution >= 4 is 11.3 Å². The third-order valence-corrected chi connectivity index (χ3v) is 2.99. The monoisotopic (exact) mass is 193 g/mol. The number of aryl methyl sites for hydroxylation is 2. The van der Waals surface area contributed by atoms with Gasteiger partial charge in [-0.3, -0.25) is 0 Å². The van der Waals surface area contributed by atoms with Crippen molar-refractivity contribution in [2.75, 3.05) is 0 Å². The molecule has 0 unspecified atom stereocenters. The zero-order valence-electron chi connectivity index (χ0n) is 7.70. The van der Waals surface area contributed by atoms with Crippen LogP contribution >= 0.6 is 11.3 Å². The molecule has 0 aliphatic rings. The second-order valence-electron chi connectivity index (χ2n) is 3.06. The van der Waals surface area contributed by atoms with Gasteiger partial charge in [0.1, 0.15) is 5.76 Å². The summed E-state index contributed by atoms with van der Waals surface area (Å²) >= 11 is 1.77. The van der Waals surface area contributed by atoms with Crippen molar-refractivity contribution in [3.8, 4) is 0 Å². The van der Waals surface area contributed by atoms with Gasteiger partial charge in [-0.2, -0.15) is 0 Å². The molecule has 0 fully saturated rings. The van der Waals surface area contributed by atoms with Crippen LogP contribution in [0.3, 0.4) is 0 Å². The molecule has 0 radical (unpaired) electrons. The van der Waals surface area contributed by atoms with Crippen LogP contribution in [0.1, 0.15) is 21.9 Å². The fourth-order valence-corrected chi connectivity index (χ4v) is 2.06. The number of aromatic nitrogens is 1. The molecule has 0 aliphatic carbocycles. The lowest BCUT2D eigenvalue weighted by Gasteiger charge is -1.95. The zero-order valence-corrected chi connectivity index (χ0v) is 8.52. The number of thiophene rings is 1. The average Bonchev–Trinajstić information content (AvgIpc) is 2.70. The topological polar surface area (TPSA) is 26.0 Å². The van der Waals surface area contributed by atoms with E-state index < -0.39 is 0 Å². The van der Waals surface area contributed by atoms with Gasteiger partial charge in [-0.1, -0.05) is 11.2 Å². The quantitative estimate of drug-likeness (QED) is 0.733. The Kier molecular flexibility index (Phi) is 2.19. The van der Waals surface area contributed by atoms with E-state index in [1.807, 2.05) is 13.8 Å². The van der Waals surface area contributed by atoms with Gasteiger partial charge in [0.25, 0.3) is 0 Å². The Bertz CT molecular complexity index is 369. The van der Waals surface area contributed by atoms with Crippen molar-refractivity contribution in [2.45, 2.75) is 20.3 Å². The number of hydrogen-bond acceptors (Lipinski definition) is 3. The maximum atomic E-state index is 5.10. The van der Waals surface area contributed by atoms with Crippen molar-refractivity contribution in [3.05, 3.63) is 39.4 Å². The highest BCUT2D eigenvalue weighted by atomic mass is 32.1. The molecule has 2 heterocycles. The van der Waals surface area contributed by atoms with E-state index in [1.165, 1.54) is 10.4 Å². The lowest BCUT2D eigenvalue weighted by molar-refractivity contribution is 0.392. The van der Waals surface area contributed by atoms with Crippen LogP contribution in [0.5, 0.6) is 0 Å². The standard InChI is InChI=1S/C10H11NOS/c1-7-10(8(2)12-11-7)6-9-4-3-5-13-9/h3-5H,6H2,1-2H3. The van der Waals surface area contributed by atoms with Crippen LogP contribution in [0.4, 0.5) is 0 Å². The molecule has 0 saturated carbocycles. The van der Waals surface area contributed by atoms with Crippen molar-refractivity contribution in [2.24, 2.45) is 0 Å². The Labute approximate surface area is 81.2 Å². The molecular formula is C10H11NOS. The highest BCUT2D eigenvalue weighted by Crippen LogP contribution is 2.19. The fraction of sp³-hybridized carbons (Fsp3) is 0.300. The number of rotatable bonds is 2. The second kappa shape index (κ2) is 3.34. The van der Waals surface area contributed by atoms with Gasteiger partial charge < -0.3 is 4.52 Å². The zero-order chi connectivity index (χ0) is 9.26.